The molecule has 3 aromatic carbocycles. The lowest BCUT2D eigenvalue weighted by Crippen LogP contribution is -2.31. The van der Waals surface area contributed by atoms with Crippen LogP contribution in [0.25, 0.3) is 22.5 Å². The van der Waals surface area contributed by atoms with Crippen LogP contribution in [0.3, 0.4) is 0 Å². The summed E-state index contributed by atoms with van der Waals surface area (Å²) in [5.74, 6) is -0.385. The fourth-order valence-electron chi connectivity index (χ4n) is 4.29. The van der Waals surface area contributed by atoms with E-state index in [1.54, 1.807) is 18.2 Å². The number of hydrogen-bond acceptors (Lipinski definition) is 8. The summed E-state index contributed by atoms with van der Waals surface area (Å²) < 4.78 is 33.0. The molecule has 0 radical (unpaired) electrons. The summed E-state index contributed by atoms with van der Waals surface area (Å²) in [6.45, 7) is 2.06. The molecule has 5 rings (SSSR count). The molecule has 0 aliphatic rings. The van der Waals surface area contributed by atoms with E-state index in [0.29, 0.717) is 29.9 Å². The molecular formula is C28H26N6O4S. The average Bonchev–Trinajstić information content (AvgIpc) is 3.63. The molecule has 2 N–H and O–H groups in total. The Morgan fingerprint density at radius 1 is 0.949 bits per heavy atom. The van der Waals surface area contributed by atoms with Crippen molar-refractivity contribution < 1.29 is 17.7 Å². The molecule has 39 heavy (non-hydrogen) atoms. The molecule has 1 amide bonds. The first kappa shape index (κ1) is 26.0. The van der Waals surface area contributed by atoms with Crippen molar-refractivity contribution in [2.24, 2.45) is 0 Å². The Hall–Kier alpha value is -4.64. The number of aryl methyl sites for hydroxylation is 1. The average molecular weight is 543 g/mol. The molecule has 0 fully saturated rings. The third kappa shape index (κ3) is 5.78. The molecule has 0 atom stereocenters. The molecule has 0 saturated carbocycles. The molecule has 11 heteroatoms. The number of aromatic amines is 1. The lowest BCUT2D eigenvalue weighted by atomic mass is 9.95. The summed E-state index contributed by atoms with van der Waals surface area (Å²) in [5, 5.41) is 18.3. The number of aromatic nitrogens is 5. The van der Waals surface area contributed by atoms with Crippen molar-refractivity contribution in [3.05, 3.63) is 101 Å². The van der Waals surface area contributed by atoms with Gasteiger partial charge >= 0.3 is 5.91 Å². The van der Waals surface area contributed by atoms with Crippen LogP contribution < -0.4 is 4.72 Å². The first-order chi connectivity index (χ1) is 19.0. The van der Waals surface area contributed by atoms with Crippen LogP contribution >= 0.6 is 0 Å². The number of hydrogen-bond donors (Lipinski definition) is 2. The highest BCUT2D eigenvalue weighted by atomic mass is 32.2. The minimum atomic E-state index is -4.07. The fraction of sp³-hybridized carbons (Fsp3) is 0.179. The summed E-state index contributed by atoms with van der Waals surface area (Å²) in [4.78, 5) is 13.1. The zero-order valence-corrected chi connectivity index (χ0v) is 22.0. The van der Waals surface area contributed by atoms with Gasteiger partial charge in [-0.3, -0.25) is 4.79 Å². The maximum atomic E-state index is 13.1. The van der Waals surface area contributed by atoms with Crippen LogP contribution in [0.5, 0.6) is 0 Å². The van der Waals surface area contributed by atoms with Gasteiger partial charge in [0.05, 0.1) is 10.6 Å². The Labute approximate surface area is 225 Å². The Morgan fingerprint density at radius 2 is 1.67 bits per heavy atom. The Kier molecular flexibility index (Phi) is 7.60. The maximum absolute atomic E-state index is 13.1. The monoisotopic (exact) mass is 542 g/mol. The van der Waals surface area contributed by atoms with E-state index in [1.807, 2.05) is 48.5 Å². The van der Waals surface area contributed by atoms with Gasteiger partial charge in [0.25, 0.3) is 10.0 Å². The SMILES string of the molecule is CCCCc1noc(C(=O)NS(=O)(=O)c2ccccc2)c1Cc1ccc(-c2ccccc2-c2nnn[nH]2)cc1. The molecule has 0 aliphatic heterocycles. The predicted octanol–water partition coefficient (Wildman–Crippen LogP) is 4.57. The number of tetrazole rings is 1. The number of nitrogens with one attached hydrogen (secondary N) is 2. The van der Waals surface area contributed by atoms with Gasteiger partial charge in [0.15, 0.2) is 5.82 Å². The summed E-state index contributed by atoms with van der Waals surface area (Å²) >= 11 is 0. The predicted molar refractivity (Wildman–Crippen MR) is 144 cm³/mol. The van der Waals surface area contributed by atoms with E-state index in [1.165, 1.54) is 12.1 Å². The van der Waals surface area contributed by atoms with Crippen molar-refractivity contribution in [3.63, 3.8) is 0 Å². The molecule has 0 spiro atoms. The minimum absolute atomic E-state index is 0.0115. The standard InChI is InChI=1S/C28H26N6O4S/c1-2-3-13-25-24(26(38-31-25)28(35)32-39(36,37)21-9-5-4-6-10-21)18-19-14-16-20(17-15-19)22-11-7-8-12-23(22)27-29-33-34-30-27/h4-12,14-17H,2-3,13,18H2,1H3,(H,32,35)(H,29,30,33,34). The Bertz CT molecular complexity index is 1670. The molecule has 5 aromatic rings. The molecule has 198 valence electrons. The van der Waals surface area contributed by atoms with Gasteiger partial charge in [-0.2, -0.15) is 0 Å². The molecule has 0 saturated heterocycles. The highest BCUT2D eigenvalue weighted by molar-refractivity contribution is 7.90. The van der Waals surface area contributed by atoms with Gasteiger partial charge in [-0.05, 0) is 52.1 Å². The number of carbonyl (C=O) groups excluding carboxylic acids is 1. The van der Waals surface area contributed by atoms with Crippen LogP contribution in [0, 0.1) is 0 Å². The summed E-state index contributed by atoms with van der Waals surface area (Å²) in [6.07, 6.45) is 2.76. The zero-order chi connectivity index (χ0) is 27.2. The zero-order valence-electron chi connectivity index (χ0n) is 21.2. The molecule has 2 heterocycles. The maximum Gasteiger partial charge on any atom is 0.303 e. The van der Waals surface area contributed by atoms with Gasteiger partial charge in [0, 0.05) is 17.5 Å². The molecule has 0 unspecified atom stereocenters. The number of unbranched alkanes of at least 4 members (excludes halogenated alkanes) is 1. The van der Waals surface area contributed by atoms with Crippen molar-refractivity contribution in [2.45, 2.75) is 37.5 Å². The van der Waals surface area contributed by atoms with Crippen molar-refractivity contribution >= 4 is 15.9 Å². The molecule has 10 nitrogen and oxygen atoms in total. The first-order valence-corrected chi connectivity index (χ1v) is 14.0. The van der Waals surface area contributed by atoms with E-state index in [0.717, 1.165) is 35.1 Å². The van der Waals surface area contributed by atoms with Crippen LogP contribution in [0.4, 0.5) is 0 Å². The normalized spacial score (nSPS) is 11.4. The van der Waals surface area contributed by atoms with Crippen molar-refractivity contribution in [1.29, 1.82) is 0 Å². The van der Waals surface area contributed by atoms with E-state index < -0.39 is 15.9 Å². The van der Waals surface area contributed by atoms with Crippen LogP contribution in [0.1, 0.15) is 47.1 Å². The van der Waals surface area contributed by atoms with Gasteiger partial charge in [-0.1, -0.05) is 85.2 Å². The number of carbonyl (C=O) groups is 1. The number of sulfonamides is 1. The van der Waals surface area contributed by atoms with E-state index in [2.05, 4.69) is 37.4 Å². The number of rotatable bonds is 10. The summed E-state index contributed by atoms with van der Waals surface area (Å²) in [6, 6.07) is 23.4. The van der Waals surface area contributed by atoms with Crippen LogP contribution in [-0.4, -0.2) is 40.1 Å². The van der Waals surface area contributed by atoms with E-state index in [-0.39, 0.29) is 10.7 Å². The third-order valence-electron chi connectivity index (χ3n) is 6.30. The van der Waals surface area contributed by atoms with E-state index >= 15 is 0 Å². The van der Waals surface area contributed by atoms with Crippen molar-refractivity contribution in [1.82, 2.24) is 30.5 Å². The van der Waals surface area contributed by atoms with E-state index in [9.17, 15) is 13.2 Å². The first-order valence-electron chi connectivity index (χ1n) is 12.5. The van der Waals surface area contributed by atoms with Crippen molar-refractivity contribution in [3.8, 4) is 22.5 Å². The van der Waals surface area contributed by atoms with Gasteiger partial charge in [-0.15, -0.1) is 5.10 Å². The van der Waals surface area contributed by atoms with Gasteiger partial charge in [-0.25, -0.2) is 18.2 Å². The van der Waals surface area contributed by atoms with Gasteiger partial charge in [0.2, 0.25) is 5.76 Å². The topological polar surface area (TPSA) is 144 Å². The second kappa shape index (κ2) is 11.4. The van der Waals surface area contributed by atoms with Crippen LogP contribution in [0.15, 0.2) is 88.3 Å². The van der Waals surface area contributed by atoms with Gasteiger partial charge in [0.1, 0.15) is 0 Å². The molecule has 2 aromatic heterocycles. The minimum Gasteiger partial charge on any atom is -0.350 e. The van der Waals surface area contributed by atoms with Crippen LogP contribution in [-0.2, 0) is 22.9 Å². The van der Waals surface area contributed by atoms with E-state index in [4.69, 9.17) is 4.52 Å². The summed E-state index contributed by atoms with van der Waals surface area (Å²) in [7, 11) is -4.07. The van der Waals surface area contributed by atoms with Crippen molar-refractivity contribution in [2.75, 3.05) is 0 Å². The molecule has 0 bridgehead atoms. The molecule has 0 aliphatic carbocycles. The summed E-state index contributed by atoms with van der Waals surface area (Å²) in [5.41, 5.74) is 4.93. The quantitative estimate of drug-likeness (QED) is 0.261. The smallest absolute Gasteiger partial charge is 0.303 e. The second-order valence-corrected chi connectivity index (χ2v) is 10.6. The highest BCUT2D eigenvalue weighted by Crippen LogP contribution is 2.30. The Balaban J connectivity index is 1.42. The lowest BCUT2D eigenvalue weighted by Gasteiger charge is -2.09. The highest BCUT2D eigenvalue weighted by Gasteiger charge is 2.26. The fourth-order valence-corrected chi connectivity index (χ4v) is 5.26. The van der Waals surface area contributed by atoms with Gasteiger partial charge < -0.3 is 4.52 Å². The third-order valence-corrected chi connectivity index (χ3v) is 7.64. The Morgan fingerprint density at radius 3 is 2.36 bits per heavy atom. The number of H-pyrrole nitrogens is 1. The van der Waals surface area contributed by atoms with Crippen LogP contribution in [0.2, 0.25) is 0 Å². The lowest BCUT2D eigenvalue weighted by molar-refractivity contribution is 0.0944. The largest absolute Gasteiger partial charge is 0.350 e. The number of nitrogens with zero attached hydrogens (tertiary/aromatic N) is 4. The molecular weight excluding hydrogens is 516 g/mol. The number of benzene rings is 3. The number of amides is 1. The second-order valence-electron chi connectivity index (χ2n) is 8.96.